The first-order valence-corrected chi connectivity index (χ1v) is 8.10. The Kier molecular flexibility index (Phi) is 5.12. The number of hydrogen-bond donors (Lipinski definition) is 1. The lowest BCUT2D eigenvalue weighted by atomic mass is 9.81. The third-order valence-electron chi connectivity index (χ3n) is 4.37. The Morgan fingerprint density at radius 2 is 2.04 bits per heavy atom. The molecule has 0 atom stereocenters. The average molecular weight is 319 g/mol. The molecule has 1 N–H and O–H groups in total. The fraction of sp³-hybridized carbons (Fsp3) is 0.526. The van der Waals surface area contributed by atoms with Gasteiger partial charge in [-0.15, -0.1) is 0 Å². The molecule has 2 rings (SSSR count). The topological polar surface area (TPSA) is 40.5 Å². The van der Waals surface area contributed by atoms with Gasteiger partial charge in [-0.1, -0.05) is 33.4 Å². The number of nitrogens with zero attached hydrogens (tertiary/aromatic N) is 1. The van der Waals surface area contributed by atoms with E-state index in [1.54, 1.807) is 11.0 Å². The first-order chi connectivity index (χ1) is 10.7. The molecule has 1 aromatic rings. The Labute approximate surface area is 137 Å². The molecule has 1 saturated heterocycles. The molecule has 0 aliphatic carbocycles. The second kappa shape index (κ2) is 6.73. The molecule has 0 aromatic heterocycles. The summed E-state index contributed by atoms with van der Waals surface area (Å²) in [5.41, 5.74) is 2.16. The van der Waals surface area contributed by atoms with Gasteiger partial charge in [0, 0.05) is 13.1 Å². The minimum absolute atomic E-state index is 0.0128. The largest absolute Gasteiger partial charge is 0.512 e. The maximum atomic E-state index is 13.5. The number of likely N-dealkylation sites (tertiary alicyclic amines) is 1. The Balaban J connectivity index is 1.89. The third-order valence-corrected chi connectivity index (χ3v) is 4.37. The molecule has 0 bridgehead atoms. The van der Waals surface area contributed by atoms with Crippen LogP contribution in [0.25, 0.3) is 0 Å². The molecule has 1 amide bonds. The molecule has 4 heteroatoms. The quantitative estimate of drug-likeness (QED) is 0.834. The molecule has 126 valence electrons. The molecule has 0 radical (unpaired) electrons. The van der Waals surface area contributed by atoms with E-state index in [1.165, 1.54) is 11.6 Å². The van der Waals surface area contributed by atoms with Crippen molar-refractivity contribution >= 4 is 5.91 Å². The summed E-state index contributed by atoms with van der Waals surface area (Å²) in [6, 6.07) is 5.04. The van der Waals surface area contributed by atoms with E-state index in [4.69, 9.17) is 5.11 Å². The van der Waals surface area contributed by atoms with Gasteiger partial charge in [0.15, 0.2) is 0 Å². The molecule has 0 saturated carbocycles. The van der Waals surface area contributed by atoms with Crippen molar-refractivity contribution < 1.29 is 14.3 Å². The van der Waals surface area contributed by atoms with Gasteiger partial charge in [-0.25, -0.2) is 4.39 Å². The summed E-state index contributed by atoms with van der Waals surface area (Å²) in [4.78, 5) is 13.5. The van der Waals surface area contributed by atoms with Crippen LogP contribution in [-0.4, -0.2) is 29.0 Å². The maximum absolute atomic E-state index is 13.5. The van der Waals surface area contributed by atoms with Crippen LogP contribution < -0.4 is 0 Å². The highest BCUT2D eigenvalue weighted by atomic mass is 19.1. The number of rotatable bonds is 5. The maximum Gasteiger partial charge on any atom is 0.230 e. The molecule has 1 fully saturated rings. The number of aliphatic hydroxyl groups excluding tert-OH is 1. The monoisotopic (exact) mass is 319 g/mol. The Morgan fingerprint density at radius 1 is 1.39 bits per heavy atom. The van der Waals surface area contributed by atoms with Gasteiger partial charge in [0.2, 0.25) is 5.91 Å². The van der Waals surface area contributed by atoms with Gasteiger partial charge in [-0.05, 0) is 47.4 Å². The van der Waals surface area contributed by atoms with Crippen LogP contribution in [-0.2, 0) is 16.6 Å². The summed E-state index contributed by atoms with van der Waals surface area (Å²) in [5, 5.41) is 9.07. The van der Waals surface area contributed by atoms with Gasteiger partial charge in [-0.2, -0.15) is 0 Å². The predicted octanol–water partition coefficient (Wildman–Crippen LogP) is 3.98. The van der Waals surface area contributed by atoms with Crippen LogP contribution in [0.2, 0.25) is 0 Å². The van der Waals surface area contributed by atoms with Crippen LogP contribution >= 0.6 is 0 Å². The van der Waals surface area contributed by atoms with E-state index in [-0.39, 0.29) is 29.3 Å². The molecule has 1 aliphatic rings. The van der Waals surface area contributed by atoms with E-state index < -0.39 is 0 Å². The molecule has 3 nitrogen and oxygen atoms in total. The molecule has 23 heavy (non-hydrogen) atoms. The molecular weight excluding hydrogens is 293 g/mol. The molecule has 1 aromatic carbocycles. The molecule has 0 spiro atoms. The highest BCUT2D eigenvalue weighted by molar-refractivity contribution is 5.78. The second-order valence-electron chi connectivity index (χ2n) is 7.50. The van der Waals surface area contributed by atoms with Crippen LogP contribution in [0.4, 0.5) is 4.39 Å². The smallest absolute Gasteiger partial charge is 0.230 e. The Bertz CT molecular complexity index is 598. The van der Waals surface area contributed by atoms with E-state index >= 15 is 0 Å². The van der Waals surface area contributed by atoms with Gasteiger partial charge in [0.1, 0.15) is 5.82 Å². The number of aliphatic hydroxyl groups is 1. The number of carbonyl (C=O) groups excluding carboxylic acids is 1. The summed E-state index contributed by atoms with van der Waals surface area (Å²) in [6.07, 6.45) is 1.89. The fourth-order valence-electron chi connectivity index (χ4n) is 3.07. The van der Waals surface area contributed by atoms with Gasteiger partial charge >= 0.3 is 0 Å². The SMILES string of the molecule is C=C(O)CC(=O)N1CC(CCc2ccc(F)cc2C(C)(C)C)C1. The van der Waals surface area contributed by atoms with Crippen molar-refractivity contribution in [3.63, 3.8) is 0 Å². The molecule has 1 aliphatic heterocycles. The van der Waals surface area contributed by atoms with Crippen molar-refractivity contribution in [2.24, 2.45) is 5.92 Å². The van der Waals surface area contributed by atoms with E-state index in [2.05, 4.69) is 27.4 Å². The highest BCUT2D eigenvalue weighted by Gasteiger charge is 2.30. The summed E-state index contributed by atoms with van der Waals surface area (Å²) in [5.74, 6) is 0.137. The number of carbonyl (C=O) groups is 1. The van der Waals surface area contributed by atoms with Crippen LogP contribution in [0.3, 0.4) is 0 Å². The molecule has 1 heterocycles. The van der Waals surface area contributed by atoms with Crippen molar-refractivity contribution in [2.75, 3.05) is 13.1 Å². The number of amides is 1. The lowest BCUT2D eigenvalue weighted by Gasteiger charge is -2.39. The van der Waals surface area contributed by atoms with Crippen LogP contribution in [0.15, 0.2) is 30.5 Å². The fourth-order valence-corrected chi connectivity index (χ4v) is 3.07. The van der Waals surface area contributed by atoms with Crippen molar-refractivity contribution in [3.05, 3.63) is 47.5 Å². The number of hydrogen-bond acceptors (Lipinski definition) is 2. The summed E-state index contributed by atoms with van der Waals surface area (Å²) in [7, 11) is 0. The lowest BCUT2D eigenvalue weighted by molar-refractivity contribution is -0.137. The van der Waals surface area contributed by atoms with Crippen molar-refractivity contribution in [1.29, 1.82) is 0 Å². The number of benzene rings is 1. The summed E-state index contributed by atoms with van der Waals surface area (Å²) < 4.78 is 13.5. The predicted molar refractivity (Wildman–Crippen MR) is 89.9 cm³/mol. The van der Waals surface area contributed by atoms with E-state index in [9.17, 15) is 9.18 Å². The zero-order valence-electron chi connectivity index (χ0n) is 14.2. The van der Waals surface area contributed by atoms with Crippen LogP contribution in [0, 0.1) is 11.7 Å². The lowest BCUT2D eigenvalue weighted by Crippen LogP contribution is -2.50. The summed E-state index contributed by atoms with van der Waals surface area (Å²) >= 11 is 0. The molecular formula is C19H26FNO2. The number of halogens is 1. The minimum Gasteiger partial charge on any atom is -0.512 e. The zero-order valence-corrected chi connectivity index (χ0v) is 14.2. The normalized spacial score (nSPS) is 15.4. The third kappa shape index (κ3) is 4.57. The van der Waals surface area contributed by atoms with Crippen LogP contribution in [0.1, 0.15) is 44.7 Å². The van der Waals surface area contributed by atoms with E-state index in [0.29, 0.717) is 5.92 Å². The summed E-state index contributed by atoms with van der Waals surface area (Å²) in [6.45, 7) is 11.1. The van der Waals surface area contributed by atoms with Crippen molar-refractivity contribution in [3.8, 4) is 0 Å². The van der Waals surface area contributed by atoms with Gasteiger partial charge in [0.25, 0.3) is 0 Å². The standard InChI is InChI=1S/C19H26FNO2/c1-13(22)9-18(23)21-11-14(12-21)5-6-15-7-8-16(20)10-17(15)19(2,3)4/h7-8,10,14,22H,1,5-6,9,11-12H2,2-4H3. The zero-order chi connectivity index (χ0) is 17.2. The van der Waals surface area contributed by atoms with Crippen molar-refractivity contribution in [1.82, 2.24) is 4.90 Å². The number of aryl methyl sites for hydroxylation is 1. The van der Waals surface area contributed by atoms with E-state index in [1.807, 2.05) is 6.07 Å². The Morgan fingerprint density at radius 3 is 2.61 bits per heavy atom. The van der Waals surface area contributed by atoms with E-state index in [0.717, 1.165) is 31.5 Å². The second-order valence-corrected chi connectivity index (χ2v) is 7.50. The highest BCUT2D eigenvalue weighted by Crippen LogP contribution is 2.29. The van der Waals surface area contributed by atoms with Gasteiger partial charge < -0.3 is 10.0 Å². The van der Waals surface area contributed by atoms with Crippen molar-refractivity contribution in [2.45, 2.75) is 45.4 Å². The van der Waals surface area contributed by atoms with Gasteiger partial charge in [-0.3, -0.25) is 4.79 Å². The first kappa shape index (κ1) is 17.5. The first-order valence-electron chi connectivity index (χ1n) is 8.10. The van der Waals surface area contributed by atoms with Gasteiger partial charge in [0.05, 0.1) is 12.2 Å². The minimum atomic E-state index is -0.191. The Hall–Kier alpha value is -1.84. The van der Waals surface area contributed by atoms with Crippen LogP contribution in [0.5, 0.6) is 0 Å². The average Bonchev–Trinajstić information content (AvgIpc) is 2.36. The molecule has 0 unspecified atom stereocenters.